The average Bonchev–Trinajstić information content (AvgIpc) is 3.03. The van der Waals surface area contributed by atoms with Crippen molar-refractivity contribution in [3.63, 3.8) is 0 Å². The molecule has 2 aromatic rings. The lowest BCUT2D eigenvalue weighted by molar-refractivity contribution is 0.310. The molecule has 1 N–H and O–H groups in total. The topological polar surface area (TPSA) is 34.2 Å². The average molecular weight is 260 g/mol. The van der Waals surface area contributed by atoms with Crippen molar-refractivity contribution in [3.05, 3.63) is 45.9 Å². The fourth-order valence-corrected chi connectivity index (χ4v) is 2.90. The molecule has 4 heteroatoms. The maximum Gasteiger partial charge on any atom is 0.124 e. The summed E-state index contributed by atoms with van der Waals surface area (Å²) in [5.74, 6) is 1.00. The van der Waals surface area contributed by atoms with Gasteiger partial charge in [-0.2, -0.15) is 0 Å². The molecule has 0 aliphatic carbocycles. The summed E-state index contributed by atoms with van der Waals surface area (Å²) in [4.78, 5) is 4.56. The van der Waals surface area contributed by atoms with Crippen LogP contribution in [-0.2, 0) is 13.0 Å². The molecule has 94 valence electrons. The molecule has 0 saturated heterocycles. The third-order valence-corrected chi connectivity index (χ3v) is 4.17. The van der Waals surface area contributed by atoms with Crippen molar-refractivity contribution < 1.29 is 4.74 Å². The summed E-state index contributed by atoms with van der Waals surface area (Å²) < 4.78 is 5.65. The quantitative estimate of drug-likeness (QED) is 0.917. The Morgan fingerprint density at radius 3 is 3.17 bits per heavy atom. The van der Waals surface area contributed by atoms with Gasteiger partial charge in [0, 0.05) is 17.5 Å². The highest BCUT2D eigenvalue weighted by molar-refractivity contribution is 7.09. The van der Waals surface area contributed by atoms with E-state index in [-0.39, 0.29) is 6.04 Å². The van der Waals surface area contributed by atoms with Gasteiger partial charge >= 0.3 is 0 Å². The Kier molecular flexibility index (Phi) is 3.30. The number of thiazole rings is 1. The van der Waals surface area contributed by atoms with Gasteiger partial charge in [0.25, 0.3) is 0 Å². The van der Waals surface area contributed by atoms with Crippen LogP contribution in [0.5, 0.6) is 5.75 Å². The van der Waals surface area contributed by atoms with Crippen LogP contribution in [0.25, 0.3) is 0 Å². The predicted molar refractivity (Wildman–Crippen MR) is 73.0 cm³/mol. The standard InChI is InChI=1S/C14H16N2OS/c1-2-14-16-10(9-18-14)7-15-12-8-17-13-6-4-3-5-11(12)13/h3-6,9,12,15H,2,7-8H2,1H3. The highest BCUT2D eigenvalue weighted by Crippen LogP contribution is 2.31. The highest BCUT2D eigenvalue weighted by Gasteiger charge is 2.22. The fourth-order valence-electron chi connectivity index (χ4n) is 2.15. The zero-order valence-corrected chi connectivity index (χ0v) is 11.2. The summed E-state index contributed by atoms with van der Waals surface area (Å²) in [6.07, 6.45) is 1.01. The molecule has 1 aliphatic rings. The number of ether oxygens (including phenoxy) is 1. The third kappa shape index (κ3) is 2.26. The van der Waals surface area contributed by atoms with Gasteiger partial charge in [0.2, 0.25) is 0 Å². The summed E-state index contributed by atoms with van der Waals surface area (Å²) in [6, 6.07) is 8.50. The summed E-state index contributed by atoms with van der Waals surface area (Å²) in [5.41, 5.74) is 2.38. The first-order valence-corrected chi connectivity index (χ1v) is 7.13. The van der Waals surface area contributed by atoms with Crippen LogP contribution in [0.4, 0.5) is 0 Å². The summed E-state index contributed by atoms with van der Waals surface area (Å²) >= 11 is 1.74. The monoisotopic (exact) mass is 260 g/mol. The molecule has 0 saturated carbocycles. The van der Waals surface area contributed by atoms with Crippen molar-refractivity contribution in [1.82, 2.24) is 10.3 Å². The number of aryl methyl sites for hydroxylation is 1. The number of hydrogen-bond acceptors (Lipinski definition) is 4. The molecule has 1 unspecified atom stereocenters. The van der Waals surface area contributed by atoms with Gasteiger partial charge in [-0.05, 0) is 12.5 Å². The SMILES string of the molecule is CCc1nc(CNC2COc3ccccc32)cs1. The van der Waals surface area contributed by atoms with Crippen LogP contribution < -0.4 is 10.1 Å². The van der Waals surface area contributed by atoms with E-state index in [2.05, 4.69) is 34.7 Å². The summed E-state index contributed by atoms with van der Waals surface area (Å²) in [7, 11) is 0. The lowest BCUT2D eigenvalue weighted by Crippen LogP contribution is -2.22. The minimum absolute atomic E-state index is 0.285. The zero-order valence-electron chi connectivity index (χ0n) is 10.3. The van der Waals surface area contributed by atoms with Crippen LogP contribution in [-0.4, -0.2) is 11.6 Å². The lowest BCUT2D eigenvalue weighted by Gasteiger charge is -2.09. The molecule has 3 nitrogen and oxygen atoms in total. The van der Waals surface area contributed by atoms with Crippen molar-refractivity contribution >= 4 is 11.3 Å². The highest BCUT2D eigenvalue weighted by atomic mass is 32.1. The number of rotatable bonds is 4. The van der Waals surface area contributed by atoms with Gasteiger partial charge in [-0.15, -0.1) is 11.3 Å². The third-order valence-electron chi connectivity index (χ3n) is 3.13. The number of hydrogen-bond donors (Lipinski definition) is 1. The zero-order chi connectivity index (χ0) is 12.4. The second-order valence-corrected chi connectivity index (χ2v) is 5.31. The maximum atomic E-state index is 5.65. The number of nitrogens with zero attached hydrogens (tertiary/aromatic N) is 1. The van der Waals surface area contributed by atoms with Crippen molar-refractivity contribution in [3.8, 4) is 5.75 Å². The smallest absolute Gasteiger partial charge is 0.124 e. The molecule has 0 amide bonds. The van der Waals surface area contributed by atoms with Crippen molar-refractivity contribution in [2.75, 3.05) is 6.61 Å². The van der Waals surface area contributed by atoms with E-state index >= 15 is 0 Å². The largest absolute Gasteiger partial charge is 0.491 e. The number of benzene rings is 1. The molecular weight excluding hydrogens is 244 g/mol. The van der Waals surface area contributed by atoms with Gasteiger partial charge in [-0.25, -0.2) is 4.98 Å². The summed E-state index contributed by atoms with van der Waals surface area (Å²) in [6.45, 7) is 3.65. The second kappa shape index (κ2) is 5.08. The maximum absolute atomic E-state index is 5.65. The van der Waals surface area contributed by atoms with Gasteiger partial charge in [-0.3, -0.25) is 0 Å². The molecule has 1 aromatic carbocycles. The summed E-state index contributed by atoms with van der Waals surface area (Å²) in [5, 5.41) is 6.85. The van der Waals surface area contributed by atoms with Crippen molar-refractivity contribution in [2.45, 2.75) is 25.9 Å². The number of para-hydroxylation sites is 1. The first-order valence-electron chi connectivity index (χ1n) is 6.25. The van der Waals surface area contributed by atoms with E-state index in [1.165, 1.54) is 10.6 Å². The Labute approximate surface area is 111 Å². The van der Waals surface area contributed by atoms with Crippen LogP contribution in [0, 0.1) is 0 Å². The molecule has 0 bridgehead atoms. The van der Waals surface area contributed by atoms with Gasteiger partial charge < -0.3 is 10.1 Å². The lowest BCUT2D eigenvalue weighted by atomic mass is 10.1. The van der Waals surface area contributed by atoms with Gasteiger partial charge in [0.15, 0.2) is 0 Å². The van der Waals surface area contributed by atoms with Gasteiger partial charge in [0.05, 0.1) is 16.7 Å². The molecule has 1 atom stereocenters. The Morgan fingerprint density at radius 1 is 1.44 bits per heavy atom. The van der Waals surface area contributed by atoms with E-state index in [4.69, 9.17) is 4.74 Å². The van der Waals surface area contributed by atoms with E-state index in [9.17, 15) is 0 Å². The van der Waals surface area contributed by atoms with E-state index in [0.717, 1.165) is 24.4 Å². The Bertz CT molecular complexity index is 538. The van der Waals surface area contributed by atoms with E-state index in [1.54, 1.807) is 11.3 Å². The van der Waals surface area contributed by atoms with Gasteiger partial charge in [0.1, 0.15) is 12.4 Å². The number of aromatic nitrogens is 1. The molecule has 0 radical (unpaired) electrons. The van der Waals surface area contributed by atoms with Gasteiger partial charge in [-0.1, -0.05) is 25.1 Å². The minimum atomic E-state index is 0.285. The van der Waals surface area contributed by atoms with Crippen LogP contribution >= 0.6 is 11.3 Å². The van der Waals surface area contributed by atoms with Crippen molar-refractivity contribution in [1.29, 1.82) is 0 Å². The molecule has 3 rings (SSSR count). The molecule has 0 spiro atoms. The van der Waals surface area contributed by atoms with E-state index in [0.29, 0.717) is 6.61 Å². The first kappa shape index (κ1) is 11.7. The first-order chi connectivity index (χ1) is 8.86. The van der Waals surface area contributed by atoms with Crippen molar-refractivity contribution in [2.24, 2.45) is 0 Å². The van der Waals surface area contributed by atoms with Crippen LogP contribution in [0.1, 0.15) is 29.2 Å². The molecular formula is C14H16N2OS. The van der Waals surface area contributed by atoms with Crippen LogP contribution in [0.15, 0.2) is 29.6 Å². The Morgan fingerprint density at radius 2 is 2.33 bits per heavy atom. The Balaban J connectivity index is 1.65. The van der Waals surface area contributed by atoms with E-state index in [1.807, 2.05) is 12.1 Å². The number of fused-ring (bicyclic) bond motifs is 1. The normalized spacial score (nSPS) is 17.5. The Hall–Kier alpha value is -1.39. The predicted octanol–water partition coefficient (Wildman–Crippen LogP) is 2.93. The minimum Gasteiger partial charge on any atom is -0.491 e. The number of nitrogens with one attached hydrogen (secondary N) is 1. The second-order valence-electron chi connectivity index (χ2n) is 4.37. The van der Waals surface area contributed by atoms with Crippen LogP contribution in [0.2, 0.25) is 0 Å². The molecule has 2 heterocycles. The van der Waals surface area contributed by atoms with E-state index < -0.39 is 0 Å². The molecule has 1 aromatic heterocycles. The molecule has 0 fully saturated rings. The molecule has 1 aliphatic heterocycles. The molecule has 18 heavy (non-hydrogen) atoms. The van der Waals surface area contributed by atoms with Crippen LogP contribution in [0.3, 0.4) is 0 Å². The fraction of sp³-hybridized carbons (Fsp3) is 0.357.